The second-order valence-electron chi connectivity index (χ2n) is 5.20. The number of carbonyl (C=O) groups is 1. The van der Waals surface area contributed by atoms with Crippen molar-refractivity contribution in [1.29, 1.82) is 0 Å². The normalized spacial score (nSPS) is 19.0. The van der Waals surface area contributed by atoms with E-state index in [9.17, 15) is 9.90 Å². The number of aliphatic carboxylic acids is 1. The second kappa shape index (κ2) is 5.11. The summed E-state index contributed by atoms with van der Waals surface area (Å²) in [5.41, 5.74) is 7.56. The molecule has 98 valence electrons. The maximum atomic E-state index is 11.5. The highest BCUT2D eigenvalue weighted by Crippen LogP contribution is 2.51. The summed E-state index contributed by atoms with van der Waals surface area (Å²) in [5.74, 6) is -0.751. The third-order valence-corrected chi connectivity index (χ3v) is 4.36. The smallest absolute Gasteiger partial charge is 0.310 e. The summed E-state index contributed by atoms with van der Waals surface area (Å²) in [7, 11) is 0. The van der Waals surface area contributed by atoms with Gasteiger partial charge in [-0.05, 0) is 30.4 Å². The fraction of sp³-hybridized carbons (Fsp3) is 0.533. The molecule has 0 amide bonds. The Hall–Kier alpha value is -1.35. The summed E-state index contributed by atoms with van der Waals surface area (Å²) in [5, 5.41) is 9.49. The van der Waals surface area contributed by atoms with Gasteiger partial charge >= 0.3 is 5.97 Å². The summed E-state index contributed by atoms with van der Waals surface area (Å²) < 4.78 is 0. The Balaban J connectivity index is 2.29. The van der Waals surface area contributed by atoms with E-state index < -0.39 is 11.4 Å². The van der Waals surface area contributed by atoms with Gasteiger partial charge < -0.3 is 10.8 Å². The second-order valence-corrected chi connectivity index (χ2v) is 5.20. The number of carboxylic acid groups (broad SMARTS) is 1. The van der Waals surface area contributed by atoms with Crippen LogP contribution in [0.4, 0.5) is 0 Å². The van der Waals surface area contributed by atoms with Crippen molar-refractivity contribution >= 4 is 5.97 Å². The summed E-state index contributed by atoms with van der Waals surface area (Å²) >= 11 is 0. The highest BCUT2D eigenvalue weighted by atomic mass is 16.4. The van der Waals surface area contributed by atoms with Crippen LogP contribution in [0.5, 0.6) is 0 Å². The highest BCUT2D eigenvalue weighted by molar-refractivity contribution is 5.77. The van der Waals surface area contributed by atoms with E-state index >= 15 is 0 Å². The molecule has 3 N–H and O–H groups in total. The van der Waals surface area contributed by atoms with E-state index in [-0.39, 0.29) is 5.92 Å². The molecule has 1 unspecified atom stereocenters. The van der Waals surface area contributed by atoms with Crippen LogP contribution in [0.25, 0.3) is 0 Å². The van der Waals surface area contributed by atoms with Crippen molar-refractivity contribution < 1.29 is 9.90 Å². The average Bonchev–Trinajstić information content (AvgIpc) is 2.33. The monoisotopic (exact) mass is 247 g/mol. The largest absolute Gasteiger partial charge is 0.481 e. The molecule has 1 aromatic carbocycles. The maximum absolute atomic E-state index is 11.5. The minimum atomic E-state index is -0.691. The van der Waals surface area contributed by atoms with Gasteiger partial charge in [0.25, 0.3) is 0 Å². The van der Waals surface area contributed by atoms with Gasteiger partial charge in [-0.15, -0.1) is 0 Å². The third-order valence-electron chi connectivity index (χ3n) is 4.36. The lowest BCUT2D eigenvalue weighted by Gasteiger charge is -2.44. The van der Waals surface area contributed by atoms with Crippen LogP contribution < -0.4 is 5.73 Å². The van der Waals surface area contributed by atoms with Crippen molar-refractivity contribution in [3.63, 3.8) is 0 Å². The number of carboxylic acids is 1. The van der Waals surface area contributed by atoms with Gasteiger partial charge in [0.1, 0.15) is 0 Å². The highest BCUT2D eigenvalue weighted by Gasteiger charge is 2.50. The van der Waals surface area contributed by atoms with Crippen molar-refractivity contribution in [2.75, 3.05) is 6.54 Å². The fourth-order valence-electron chi connectivity index (χ4n) is 2.94. The molecule has 0 radical (unpaired) electrons. The zero-order valence-corrected chi connectivity index (χ0v) is 10.9. The van der Waals surface area contributed by atoms with Gasteiger partial charge in [0.05, 0.1) is 5.41 Å². The van der Waals surface area contributed by atoms with E-state index in [1.807, 2.05) is 12.1 Å². The zero-order chi connectivity index (χ0) is 13.2. The third kappa shape index (κ3) is 2.03. The summed E-state index contributed by atoms with van der Waals surface area (Å²) in [6.45, 7) is 2.51. The van der Waals surface area contributed by atoms with Gasteiger partial charge in [-0.25, -0.2) is 0 Å². The number of hydrogen-bond donors (Lipinski definition) is 2. The molecule has 1 fully saturated rings. The number of hydrogen-bond acceptors (Lipinski definition) is 2. The number of rotatable bonds is 5. The Morgan fingerprint density at radius 2 is 2.00 bits per heavy atom. The van der Waals surface area contributed by atoms with Gasteiger partial charge in [-0.1, -0.05) is 37.6 Å². The van der Waals surface area contributed by atoms with Gasteiger partial charge in [0.2, 0.25) is 0 Å². The van der Waals surface area contributed by atoms with E-state index in [0.29, 0.717) is 6.54 Å². The van der Waals surface area contributed by atoms with Crippen LogP contribution in [0.3, 0.4) is 0 Å². The average molecular weight is 247 g/mol. The summed E-state index contributed by atoms with van der Waals surface area (Å²) in [4.78, 5) is 11.5. The Labute approximate surface area is 108 Å². The standard InChI is InChI=1S/C15H21NO2/c1-2-11-4-6-12(7-5-11)13(10-16)15(14(17)18)8-3-9-15/h4-7,13H,2-3,8-10,16H2,1H3,(H,17,18). The molecule has 0 aromatic heterocycles. The van der Waals surface area contributed by atoms with Gasteiger partial charge in [0, 0.05) is 12.5 Å². The van der Waals surface area contributed by atoms with Crippen molar-refractivity contribution in [2.24, 2.45) is 11.1 Å². The number of nitrogens with two attached hydrogens (primary N) is 1. The first kappa shape index (κ1) is 13.1. The molecule has 1 atom stereocenters. The molecule has 3 heteroatoms. The van der Waals surface area contributed by atoms with Crippen LogP contribution in [0.15, 0.2) is 24.3 Å². The van der Waals surface area contributed by atoms with E-state index in [1.165, 1.54) is 5.56 Å². The van der Waals surface area contributed by atoms with Gasteiger partial charge in [-0.2, -0.15) is 0 Å². The lowest BCUT2D eigenvalue weighted by Crippen LogP contribution is -2.45. The molecule has 0 spiro atoms. The first-order valence-corrected chi connectivity index (χ1v) is 6.66. The zero-order valence-electron chi connectivity index (χ0n) is 10.9. The molecule has 0 aliphatic heterocycles. The first-order chi connectivity index (χ1) is 8.64. The molecule has 1 saturated carbocycles. The first-order valence-electron chi connectivity index (χ1n) is 6.66. The van der Waals surface area contributed by atoms with Gasteiger partial charge in [0.15, 0.2) is 0 Å². The minimum Gasteiger partial charge on any atom is -0.481 e. The van der Waals surface area contributed by atoms with Crippen LogP contribution in [0.2, 0.25) is 0 Å². The van der Waals surface area contributed by atoms with Crippen LogP contribution in [-0.2, 0) is 11.2 Å². The molecule has 0 heterocycles. The number of benzene rings is 1. The molecule has 2 rings (SSSR count). The molecular formula is C15H21NO2. The van der Waals surface area contributed by atoms with Crippen molar-refractivity contribution in [3.8, 4) is 0 Å². The Kier molecular flexibility index (Phi) is 3.71. The molecule has 1 aromatic rings. The molecular weight excluding hydrogens is 226 g/mol. The van der Waals surface area contributed by atoms with Crippen LogP contribution >= 0.6 is 0 Å². The van der Waals surface area contributed by atoms with Crippen LogP contribution in [-0.4, -0.2) is 17.6 Å². The van der Waals surface area contributed by atoms with Crippen molar-refractivity contribution in [3.05, 3.63) is 35.4 Å². The predicted octanol–water partition coefficient (Wildman–Crippen LogP) is 2.55. The Bertz CT molecular complexity index is 421. The Morgan fingerprint density at radius 3 is 2.33 bits per heavy atom. The molecule has 3 nitrogen and oxygen atoms in total. The minimum absolute atomic E-state index is 0.0605. The lowest BCUT2D eigenvalue weighted by atomic mass is 9.59. The fourth-order valence-corrected chi connectivity index (χ4v) is 2.94. The van der Waals surface area contributed by atoms with Crippen LogP contribution in [0, 0.1) is 5.41 Å². The number of aryl methyl sites for hydroxylation is 1. The predicted molar refractivity (Wildman–Crippen MR) is 71.5 cm³/mol. The van der Waals surface area contributed by atoms with E-state index in [2.05, 4.69) is 19.1 Å². The van der Waals surface area contributed by atoms with E-state index in [4.69, 9.17) is 5.73 Å². The topological polar surface area (TPSA) is 63.3 Å². The molecule has 1 aliphatic rings. The van der Waals surface area contributed by atoms with E-state index in [1.54, 1.807) is 0 Å². The van der Waals surface area contributed by atoms with Crippen molar-refractivity contribution in [1.82, 2.24) is 0 Å². The molecule has 0 saturated heterocycles. The molecule has 1 aliphatic carbocycles. The van der Waals surface area contributed by atoms with Crippen LogP contribution in [0.1, 0.15) is 43.2 Å². The maximum Gasteiger partial charge on any atom is 0.310 e. The molecule has 18 heavy (non-hydrogen) atoms. The van der Waals surface area contributed by atoms with E-state index in [0.717, 1.165) is 31.2 Å². The van der Waals surface area contributed by atoms with Gasteiger partial charge in [-0.3, -0.25) is 4.79 Å². The van der Waals surface area contributed by atoms with Crippen molar-refractivity contribution in [2.45, 2.75) is 38.5 Å². The quantitative estimate of drug-likeness (QED) is 0.840. The summed E-state index contributed by atoms with van der Waals surface area (Å²) in [6.07, 6.45) is 3.49. The summed E-state index contributed by atoms with van der Waals surface area (Å²) in [6, 6.07) is 8.23. The molecule has 0 bridgehead atoms. The Morgan fingerprint density at radius 1 is 1.39 bits per heavy atom. The SMILES string of the molecule is CCc1ccc(C(CN)C2(C(=O)O)CCC2)cc1. The lowest BCUT2D eigenvalue weighted by molar-refractivity contribution is -0.156.